The molecule has 0 spiro atoms. The van der Waals surface area contributed by atoms with E-state index in [9.17, 15) is 5.11 Å². The van der Waals surface area contributed by atoms with Crippen LogP contribution in [-0.2, 0) is 6.54 Å². The molecule has 1 unspecified atom stereocenters. The molecule has 0 aliphatic carbocycles. The zero-order chi connectivity index (χ0) is 15.1. The number of benzene rings is 1. The number of aliphatic hydroxyl groups is 1. The second kappa shape index (κ2) is 8.35. The van der Waals surface area contributed by atoms with Gasteiger partial charge in [-0.3, -0.25) is 0 Å². The molecule has 20 heavy (non-hydrogen) atoms. The Hall–Kier alpha value is -0.970. The number of ether oxygens (including phenoxy) is 2. The van der Waals surface area contributed by atoms with Crippen LogP contribution in [0.15, 0.2) is 12.1 Å². The highest BCUT2D eigenvalue weighted by molar-refractivity contribution is 6.32. The van der Waals surface area contributed by atoms with E-state index >= 15 is 0 Å². The minimum absolute atomic E-state index is 0.0851. The summed E-state index contributed by atoms with van der Waals surface area (Å²) in [4.78, 5) is 0. The minimum Gasteiger partial charge on any atom is -0.493 e. The van der Waals surface area contributed by atoms with Crippen molar-refractivity contribution >= 4 is 11.6 Å². The summed E-state index contributed by atoms with van der Waals surface area (Å²) in [5.41, 5.74) is 0.995. The number of aliphatic hydroxyl groups excluding tert-OH is 1. The van der Waals surface area contributed by atoms with Crippen molar-refractivity contribution in [2.24, 2.45) is 5.92 Å². The third-order valence-electron chi connectivity index (χ3n) is 3.06. The van der Waals surface area contributed by atoms with Gasteiger partial charge in [0.15, 0.2) is 11.5 Å². The van der Waals surface area contributed by atoms with Gasteiger partial charge < -0.3 is 19.9 Å². The molecule has 0 bridgehead atoms. The molecule has 0 aromatic heterocycles. The van der Waals surface area contributed by atoms with Crippen molar-refractivity contribution in [3.05, 3.63) is 22.7 Å². The molecule has 1 rings (SSSR count). The van der Waals surface area contributed by atoms with Crippen molar-refractivity contribution in [2.45, 2.75) is 32.9 Å². The van der Waals surface area contributed by atoms with Gasteiger partial charge >= 0.3 is 0 Å². The summed E-state index contributed by atoms with van der Waals surface area (Å²) in [5, 5.41) is 13.2. The molecule has 0 amide bonds. The van der Waals surface area contributed by atoms with E-state index in [4.69, 9.17) is 21.1 Å². The van der Waals surface area contributed by atoms with Crippen LogP contribution < -0.4 is 14.8 Å². The molecule has 0 heterocycles. The van der Waals surface area contributed by atoms with Gasteiger partial charge in [0.05, 0.1) is 25.8 Å². The maximum atomic E-state index is 9.36. The van der Waals surface area contributed by atoms with Gasteiger partial charge in [-0.2, -0.15) is 0 Å². The molecular weight excluding hydrogens is 278 g/mol. The number of hydrogen-bond acceptors (Lipinski definition) is 4. The van der Waals surface area contributed by atoms with Gasteiger partial charge in [-0.1, -0.05) is 25.4 Å². The molecule has 4 nitrogen and oxygen atoms in total. The van der Waals surface area contributed by atoms with Crippen LogP contribution in [0.4, 0.5) is 0 Å². The molecule has 0 saturated carbocycles. The third-order valence-corrected chi connectivity index (χ3v) is 3.35. The average molecular weight is 302 g/mol. The molecule has 0 radical (unpaired) electrons. The van der Waals surface area contributed by atoms with Crippen LogP contribution in [0.25, 0.3) is 0 Å². The predicted octanol–water partition coefficient (Wildman–Crippen LogP) is 2.85. The highest BCUT2D eigenvalue weighted by Crippen LogP contribution is 2.35. The van der Waals surface area contributed by atoms with Gasteiger partial charge in [-0.25, -0.2) is 0 Å². The fourth-order valence-electron chi connectivity index (χ4n) is 2.13. The fourth-order valence-corrected chi connectivity index (χ4v) is 2.44. The van der Waals surface area contributed by atoms with Gasteiger partial charge in [0.25, 0.3) is 0 Å². The number of nitrogens with one attached hydrogen (secondary N) is 1. The molecule has 1 aromatic carbocycles. The van der Waals surface area contributed by atoms with Gasteiger partial charge in [0.1, 0.15) is 0 Å². The van der Waals surface area contributed by atoms with Crippen LogP contribution >= 0.6 is 11.6 Å². The van der Waals surface area contributed by atoms with Crippen LogP contribution in [0.1, 0.15) is 25.8 Å². The third kappa shape index (κ3) is 4.85. The topological polar surface area (TPSA) is 50.7 Å². The second-order valence-corrected chi connectivity index (χ2v) is 5.61. The first-order chi connectivity index (χ1) is 9.51. The van der Waals surface area contributed by atoms with Gasteiger partial charge in [-0.05, 0) is 30.0 Å². The van der Waals surface area contributed by atoms with Crippen molar-refractivity contribution in [3.63, 3.8) is 0 Å². The lowest BCUT2D eigenvalue weighted by molar-refractivity contribution is 0.223. The highest BCUT2D eigenvalue weighted by Gasteiger charge is 2.13. The van der Waals surface area contributed by atoms with E-state index in [0.717, 1.165) is 12.0 Å². The van der Waals surface area contributed by atoms with E-state index in [1.165, 1.54) is 0 Å². The zero-order valence-corrected chi connectivity index (χ0v) is 13.3. The lowest BCUT2D eigenvalue weighted by atomic mass is 10.0. The van der Waals surface area contributed by atoms with E-state index in [2.05, 4.69) is 19.2 Å². The van der Waals surface area contributed by atoms with Crippen LogP contribution in [0.3, 0.4) is 0 Å². The van der Waals surface area contributed by atoms with Gasteiger partial charge in [0, 0.05) is 12.6 Å². The monoisotopic (exact) mass is 301 g/mol. The number of hydrogen-bond donors (Lipinski definition) is 2. The Morgan fingerprint density at radius 3 is 2.45 bits per heavy atom. The molecule has 2 N–H and O–H groups in total. The largest absolute Gasteiger partial charge is 0.493 e. The van der Waals surface area contributed by atoms with Crippen molar-refractivity contribution in [1.82, 2.24) is 5.32 Å². The standard InChI is InChI=1S/C15H24ClNO3/c1-10(2)5-12(9-18)17-8-11-6-13(16)15(20-4)14(7-11)19-3/h6-7,10,12,17-18H,5,8-9H2,1-4H3. The Labute approximate surface area is 126 Å². The summed E-state index contributed by atoms with van der Waals surface area (Å²) >= 11 is 6.16. The van der Waals surface area contributed by atoms with E-state index < -0.39 is 0 Å². The molecule has 114 valence electrons. The first kappa shape index (κ1) is 17.1. The van der Waals surface area contributed by atoms with Gasteiger partial charge in [0.2, 0.25) is 0 Å². The van der Waals surface area contributed by atoms with E-state index in [-0.39, 0.29) is 12.6 Å². The lowest BCUT2D eigenvalue weighted by Gasteiger charge is -2.19. The van der Waals surface area contributed by atoms with Crippen LogP contribution in [-0.4, -0.2) is 32.0 Å². The summed E-state index contributed by atoms with van der Waals surface area (Å²) in [5.74, 6) is 1.69. The Kier molecular flexibility index (Phi) is 7.13. The van der Waals surface area contributed by atoms with Crippen molar-refractivity contribution in [2.75, 3.05) is 20.8 Å². The maximum Gasteiger partial charge on any atom is 0.179 e. The quantitative estimate of drug-likeness (QED) is 0.775. The van der Waals surface area contributed by atoms with Crippen molar-refractivity contribution < 1.29 is 14.6 Å². The molecule has 0 aliphatic rings. The Balaban J connectivity index is 2.75. The zero-order valence-electron chi connectivity index (χ0n) is 12.6. The SMILES string of the molecule is COc1cc(CNC(CO)CC(C)C)cc(Cl)c1OC. The first-order valence-electron chi connectivity index (χ1n) is 6.76. The first-order valence-corrected chi connectivity index (χ1v) is 7.14. The summed E-state index contributed by atoms with van der Waals surface area (Å²) < 4.78 is 10.5. The number of rotatable bonds is 8. The second-order valence-electron chi connectivity index (χ2n) is 5.20. The summed E-state index contributed by atoms with van der Waals surface area (Å²) in [6.07, 6.45) is 0.928. The van der Waals surface area contributed by atoms with Crippen LogP contribution in [0.5, 0.6) is 11.5 Å². The summed E-state index contributed by atoms with van der Waals surface area (Å²) in [6.45, 7) is 5.02. The molecule has 1 atom stereocenters. The highest BCUT2D eigenvalue weighted by atomic mass is 35.5. The molecule has 1 aromatic rings. The summed E-state index contributed by atoms with van der Waals surface area (Å²) in [7, 11) is 3.15. The van der Waals surface area contributed by atoms with E-state index in [0.29, 0.717) is 29.0 Å². The van der Waals surface area contributed by atoms with Crippen molar-refractivity contribution in [1.29, 1.82) is 0 Å². The number of methoxy groups -OCH3 is 2. The normalized spacial score (nSPS) is 12.6. The molecule has 0 aliphatic heterocycles. The number of halogens is 1. The van der Waals surface area contributed by atoms with Crippen LogP contribution in [0, 0.1) is 5.92 Å². The van der Waals surface area contributed by atoms with Gasteiger partial charge in [-0.15, -0.1) is 0 Å². The fraction of sp³-hybridized carbons (Fsp3) is 0.600. The predicted molar refractivity (Wildman–Crippen MR) is 81.7 cm³/mol. The van der Waals surface area contributed by atoms with E-state index in [1.807, 2.05) is 12.1 Å². The molecular formula is C15H24ClNO3. The molecule has 5 heteroatoms. The Bertz CT molecular complexity index is 424. The minimum atomic E-state index is 0.0851. The summed E-state index contributed by atoms with van der Waals surface area (Å²) in [6, 6.07) is 3.82. The Morgan fingerprint density at radius 1 is 1.25 bits per heavy atom. The Morgan fingerprint density at radius 2 is 1.95 bits per heavy atom. The molecule has 0 saturated heterocycles. The molecule has 0 fully saturated rings. The maximum absolute atomic E-state index is 9.36. The average Bonchev–Trinajstić information content (AvgIpc) is 2.42. The van der Waals surface area contributed by atoms with Crippen molar-refractivity contribution in [3.8, 4) is 11.5 Å². The van der Waals surface area contributed by atoms with Crippen LogP contribution in [0.2, 0.25) is 5.02 Å². The lowest BCUT2D eigenvalue weighted by Crippen LogP contribution is -2.33. The van der Waals surface area contributed by atoms with E-state index in [1.54, 1.807) is 14.2 Å². The smallest absolute Gasteiger partial charge is 0.179 e.